The van der Waals surface area contributed by atoms with Crippen LogP contribution in [0.2, 0.25) is 0 Å². The quantitative estimate of drug-likeness (QED) is 0.707. The molecule has 0 aliphatic heterocycles. The molecule has 3 nitrogen and oxygen atoms in total. The third-order valence-electron chi connectivity index (χ3n) is 3.30. The van der Waals surface area contributed by atoms with Gasteiger partial charge in [-0.15, -0.1) is 0 Å². The number of ether oxygens (including phenoxy) is 1. The number of carbonyl (C=O) groups is 1. The molecule has 0 bridgehead atoms. The van der Waals surface area contributed by atoms with Gasteiger partial charge >= 0.3 is 0 Å². The van der Waals surface area contributed by atoms with Crippen molar-refractivity contribution in [3.63, 3.8) is 0 Å². The lowest BCUT2D eigenvalue weighted by Gasteiger charge is -2.23. The first-order valence-corrected chi connectivity index (χ1v) is 7.83. The number of hydrogen-bond acceptors (Lipinski definition) is 3. The minimum absolute atomic E-state index is 0.136. The highest BCUT2D eigenvalue weighted by Gasteiger charge is 2.19. The molecule has 1 aromatic rings. The summed E-state index contributed by atoms with van der Waals surface area (Å²) in [5, 5.41) is 9.82. The molecule has 21 heavy (non-hydrogen) atoms. The van der Waals surface area contributed by atoms with Crippen LogP contribution < -0.4 is 0 Å². The van der Waals surface area contributed by atoms with Gasteiger partial charge in [0.1, 0.15) is 5.78 Å². The Morgan fingerprint density at radius 1 is 1.24 bits per heavy atom. The van der Waals surface area contributed by atoms with E-state index in [1.54, 1.807) is 13.8 Å². The van der Waals surface area contributed by atoms with Crippen molar-refractivity contribution in [2.45, 2.75) is 64.6 Å². The fraction of sp³-hybridized carbons (Fsp3) is 0.611. The van der Waals surface area contributed by atoms with E-state index in [0.717, 1.165) is 18.4 Å². The van der Waals surface area contributed by atoms with Crippen LogP contribution in [0.1, 0.15) is 64.5 Å². The first-order valence-electron chi connectivity index (χ1n) is 7.83. The maximum Gasteiger partial charge on any atom is 0.133 e. The number of ketones is 1. The largest absolute Gasteiger partial charge is 0.388 e. The minimum Gasteiger partial charge on any atom is -0.388 e. The normalized spacial score (nSPS) is 13.1. The number of Topliss-reactive ketones (excluding diaryl/α,β-unsaturated/α-hetero) is 1. The lowest BCUT2D eigenvalue weighted by molar-refractivity contribution is -0.120. The van der Waals surface area contributed by atoms with Gasteiger partial charge in [-0.3, -0.25) is 4.79 Å². The van der Waals surface area contributed by atoms with Crippen molar-refractivity contribution in [3.8, 4) is 0 Å². The smallest absolute Gasteiger partial charge is 0.133 e. The first kappa shape index (κ1) is 17.9. The second-order valence-corrected chi connectivity index (χ2v) is 6.20. The molecule has 1 unspecified atom stereocenters. The number of rotatable bonds is 10. The molecular formula is C18H28O3. The summed E-state index contributed by atoms with van der Waals surface area (Å²) in [4.78, 5) is 11.8. The van der Waals surface area contributed by atoms with Gasteiger partial charge in [-0.2, -0.15) is 0 Å². The minimum atomic E-state index is -0.862. The molecule has 0 fully saturated rings. The molecule has 0 heterocycles. The van der Waals surface area contributed by atoms with Crippen molar-refractivity contribution in [3.05, 3.63) is 35.9 Å². The van der Waals surface area contributed by atoms with E-state index in [0.29, 0.717) is 25.0 Å². The fourth-order valence-corrected chi connectivity index (χ4v) is 2.11. The zero-order chi connectivity index (χ0) is 15.7. The van der Waals surface area contributed by atoms with Gasteiger partial charge in [-0.05, 0) is 32.3 Å². The Balaban J connectivity index is 2.58. The van der Waals surface area contributed by atoms with Crippen molar-refractivity contribution in [1.29, 1.82) is 0 Å². The lowest BCUT2D eigenvalue weighted by atomic mass is 10.0. The van der Waals surface area contributed by atoms with Crippen LogP contribution in [0.3, 0.4) is 0 Å². The predicted molar refractivity (Wildman–Crippen MR) is 85.2 cm³/mol. The number of carbonyl (C=O) groups excluding carboxylic acids is 1. The van der Waals surface area contributed by atoms with E-state index < -0.39 is 5.60 Å². The molecule has 0 aliphatic rings. The van der Waals surface area contributed by atoms with Crippen molar-refractivity contribution in [2.24, 2.45) is 0 Å². The Bertz CT molecular complexity index is 406. The van der Waals surface area contributed by atoms with Gasteiger partial charge in [-0.1, -0.05) is 43.7 Å². The average Bonchev–Trinajstić information content (AvgIpc) is 2.45. The van der Waals surface area contributed by atoms with Crippen LogP contribution in [0.25, 0.3) is 0 Å². The number of benzene rings is 1. The van der Waals surface area contributed by atoms with Gasteiger partial charge in [0.15, 0.2) is 0 Å². The van der Waals surface area contributed by atoms with Crippen LogP contribution >= 0.6 is 0 Å². The van der Waals surface area contributed by atoms with E-state index in [4.69, 9.17) is 4.74 Å². The molecule has 1 N–H and O–H groups in total. The van der Waals surface area contributed by atoms with Gasteiger partial charge in [0.2, 0.25) is 0 Å². The maximum atomic E-state index is 11.8. The molecule has 0 aliphatic carbocycles. The molecule has 3 heteroatoms. The van der Waals surface area contributed by atoms with Crippen LogP contribution in [-0.2, 0) is 9.53 Å². The summed E-state index contributed by atoms with van der Waals surface area (Å²) in [6.45, 7) is 5.80. The zero-order valence-corrected chi connectivity index (χ0v) is 13.5. The summed E-state index contributed by atoms with van der Waals surface area (Å²) >= 11 is 0. The summed E-state index contributed by atoms with van der Waals surface area (Å²) in [6, 6.07) is 9.91. The highest BCUT2D eigenvalue weighted by molar-refractivity contribution is 5.78. The SMILES string of the molecule is CCCCC(=O)CCC(OCC(C)(C)O)c1ccccc1. The monoisotopic (exact) mass is 292 g/mol. The second kappa shape index (κ2) is 8.96. The molecule has 0 saturated heterocycles. The number of hydrogen-bond donors (Lipinski definition) is 1. The van der Waals surface area contributed by atoms with Gasteiger partial charge in [-0.25, -0.2) is 0 Å². The van der Waals surface area contributed by atoms with Crippen molar-refractivity contribution in [1.82, 2.24) is 0 Å². The third-order valence-corrected chi connectivity index (χ3v) is 3.30. The van der Waals surface area contributed by atoms with Crippen LogP contribution in [0.15, 0.2) is 30.3 Å². The molecule has 1 rings (SSSR count). The molecule has 0 amide bonds. The summed E-state index contributed by atoms with van der Waals surface area (Å²) in [6.07, 6.45) is 3.73. The van der Waals surface area contributed by atoms with Crippen LogP contribution in [0.4, 0.5) is 0 Å². The molecule has 0 aromatic heterocycles. The van der Waals surface area contributed by atoms with Gasteiger partial charge < -0.3 is 9.84 Å². The standard InChI is InChI=1S/C18H28O3/c1-4-5-11-16(19)12-13-17(21-14-18(2,3)20)15-9-7-6-8-10-15/h6-10,17,20H,4-5,11-14H2,1-3H3. The summed E-state index contributed by atoms with van der Waals surface area (Å²) in [5.74, 6) is 0.296. The van der Waals surface area contributed by atoms with E-state index in [1.807, 2.05) is 30.3 Å². The summed E-state index contributed by atoms with van der Waals surface area (Å²) in [5.41, 5.74) is 0.198. The predicted octanol–water partition coefficient (Wildman–Crippen LogP) is 4.05. The van der Waals surface area contributed by atoms with Crippen LogP contribution in [0, 0.1) is 0 Å². The molecule has 1 aromatic carbocycles. The summed E-state index contributed by atoms with van der Waals surface area (Å²) < 4.78 is 5.85. The lowest BCUT2D eigenvalue weighted by Crippen LogP contribution is -2.27. The third kappa shape index (κ3) is 7.98. The van der Waals surface area contributed by atoms with Crippen LogP contribution in [0.5, 0.6) is 0 Å². The zero-order valence-electron chi connectivity index (χ0n) is 13.5. The van der Waals surface area contributed by atoms with Crippen molar-refractivity contribution in [2.75, 3.05) is 6.61 Å². The Morgan fingerprint density at radius 3 is 2.48 bits per heavy atom. The highest BCUT2D eigenvalue weighted by Crippen LogP contribution is 2.24. The Kier molecular flexibility index (Phi) is 7.62. The number of unbranched alkanes of at least 4 members (excludes halogenated alkanes) is 1. The van der Waals surface area contributed by atoms with E-state index in [2.05, 4.69) is 6.92 Å². The van der Waals surface area contributed by atoms with Crippen molar-refractivity contribution >= 4 is 5.78 Å². The molecule has 0 spiro atoms. The van der Waals surface area contributed by atoms with E-state index >= 15 is 0 Å². The Morgan fingerprint density at radius 2 is 1.90 bits per heavy atom. The van der Waals surface area contributed by atoms with E-state index in [1.165, 1.54) is 0 Å². The molecule has 118 valence electrons. The average molecular weight is 292 g/mol. The number of aliphatic hydroxyl groups is 1. The molecule has 0 radical (unpaired) electrons. The van der Waals surface area contributed by atoms with Crippen molar-refractivity contribution < 1.29 is 14.6 Å². The topological polar surface area (TPSA) is 46.5 Å². The van der Waals surface area contributed by atoms with E-state index in [9.17, 15) is 9.90 Å². The van der Waals surface area contributed by atoms with E-state index in [-0.39, 0.29) is 12.7 Å². The molecule has 1 atom stereocenters. The fourth-order valence-electron chi connectivity index (χ4n) is 2.11. The van der Waals surface area contributed by atoms with Gasteiger partial charge in [0.25, 0.3) is 0 Å². The second-order valence-electron chi connectivity index (χ2n) is 6.20. The summed E-state index contributed by atoms with van der Waals surface area (Å²) in [7, 11) is 0. The highest BCUT2D eigenvalue weighted by atomic mass is 16.5. The Hall–Kier alpha value is -1.19. The van der Waals surface area contributed by atoms with Gasteiger partial charge in [0, 0.05) is 12.8 Å². The molecular weight excluding hydrogens is 264 g/mol. The Labute approximate surface area is 128 Å². The van der Waals surface area contributed by atoms with Crippen LogP contribution in [-0.4, -0.2) is 23.1 Å². The first-order chi connectivity index (χ1) is 9.92. The maximum absolute atomic E-state index is 11.8. The molecule has 0 saturated carbocycles. The van der Waals surface area contributed by atoms with Gasteiger partial charge in [0.05, 0.1) is 18.3 Å².